The lowest BCUT2D eigenvalue weighted by atomic mass is 9.99. The summed E-state index contributed by atoms with van der Waals surface area (Å²) in [6.45, 7) is 0.560. The molecule has 0 aliphatic carbocycles. The van der Waals surface area contributed by atoms with Crippen LogP contribution in [0.25, 0.3) is 0 Å². The second-order valence-corrected chi connectivity index (χ2v) is 6.38. The third-order valence-electron chi connectivity index (χ3n) is 4.18. The van der Waals surface area contributed by atoms with Gasteiger partial charge in [0, 0.05) is 12.1 Å². The molecule has 1 fully saturated rings. The highest BCUT2D eigenvalue weighted by Crippen LogP contribution is 2.24. The molecule has 146 valence electrons. The Morgan fingerprint density at radius 3 is 2.85 bits per heavy atom. The van der Waals surface area contributed by atoms with Gasteiger partial charge in [0.05, 0.1) is 6.54 Å². The molecule has 2 unspecified atom stereocenters. The van der Waals surface area contributed by atoms with Crippen LogP contribution in [0.4, 0.5) is 4.39 Å². The first-order valence-corrected chi connectivity index (χ1v) is 8.37. The molecule has 7 nitrogen and oxygen atoms in total. The molecule has 26 heavy (non-hydrogen) atoms. The van der Waals surface area contributed by atoms with E-state index in [1.807, 2.05) is 18.0 Å². The number of halogens is 2. The van der Waals surface area contributed by atoms with Gasteiger partial charge in [0.25, 0.3) is 0 Å². The molecule has 0 aromatic heterocycles. The molecule has 1 aromatic rings. The van der Waals surface area contributed by atoms with Crippen LogP contribution in [-0.4, -0.2) is 54.6 Å². The van der Waals surface area contributed by atoms with E-state index in [-0.39, 0.29) is 43.3 Å². The summed E-state index contributed by atoms with van der Waals surface area (Å²) in [6, 6.07) is 7.00. The average molecular weight is 389 g/mol. The van der Waals surface area contributed by atoms with E-state index in [0.717, 1.165) is 31.4 Å². The minimum Gasteiger partial charge on any atom is -0.480 e. The third-order valence-corrected chi connectivity index (χ3v) is 4.18. The number of likely N-dealkylation sites (N-methyl/N-ethyl adjacent to an activating group) is 1. The summed E-state index contributed by atoms with van der Waals surface area (Å²) < 4.78 is 13.3. The molecule has 1 aromatic carbocycles. The van der Waals surface area contributed by atoms with Crippen LogP contribution < -0.4 is 16.2 Å². The van der Waals surface area contributed by atoms with Crippen molar-refractivity contribution in [1.29, 1.82) is 0 Å². The smallest absolute Gasteiger partial charge is 0.322 e. The minimum atomic E-state index is -1.05. The molecule has 1 aliphatic heterocycles. The monoisotopic (exact) mass is 388 g/mol. The predicted molar refractivity (Wildman–Crippen MR) is 98.4 cm³/mol. The quantitative estimate of drug-likeness (QED) is 0.505. The zero-order chi connectivity index (χ0) is 18.2. The lowest BCUT2D eigenvalue weighted by Gasteiger charge is -2.17. The van der Waals surface area contributed by atoms with Crippen molar-refractivity contribution >= 4 is 24.3 Å². The van der Waals surface area contributed by atoms with Gasteiger partial charge >= 0.3 is 5.97 Å². The lowest BCUT2D eigenvalue weighted by molar-refractivity contribution is -0.138. The van der Waals surface area contributed by atoms with E-state index in [2.05, 4.69) is 16.2 Å². The number of aliphatic carboxylic acids is 1. The number of carbonyl (C=O) groups excluding carboxylic acids is 1. The maximum Gasteiger partial charge on any atom is 0.322 e. The number of benzene rings is 1. The number of carboxylic acid groups (broad SMARTS) is 1. The Labute approximate surface area is 158 Å². The highest BCUT2D eigenvalue weighted by Gasteiger charge is 2.24. The molecule has 2 atom stereocenters. The molecule has 1 amide bonds. The number of amides is 1. The first-order valence-electron chi connectivity index (χ1n) is 8.37. The highest BCUT2D eigenvalue weighted by molar-refractivity contribution is 5.85. The van der Waals surface area contributed by atoms with Gasteiger partial charge in [-0.3, -0.25) is 25.3 Å². The van der Waals surface area contributed by atoms with Crippen LogP contribution in [0.3, 0.4) is 0 Å². The van der Waals surface area contributed by atoms with E-state index in [1.54, 1.807) is 12.1 Å². The predicted octanol–water partition coefficient (Wildman–Crippen LogP) is 1.07. The Morgan fingerprint density at radius 2 is 2.15 bits per heavy atom. The largest absolute Gasteiger partial charge is 0.480 e. The fourth-order valence-corrected chi connectivity index (χ4v) is 2.92. The van der Waals surface area contributed by atoms with Gasteiger partial charge in [-0.1, -0.05) is 12.1 Å². The lowest BCUT2D eigenvalue weighted by Crippen LogP contribution is -2.38. The summed E-state index contributed by atoms with van der Waals surface area (Å²) in [5, 5.41) is 10.9. The van der Waals surface area contributed by atoms with Gasteiger partial charge in [-0.2, -0.15) is 0 Å². The van der Waals surface area contributed by atoms with Crippen molar-refractivity contribution in [2.45, 2.75) is 31.3 Å². The summed E-state index contributed by atoms with van der Waals surface area (Å²) >= 11 is 0. The van der Waals surface area contributed by atoms with Crippen molar-refractivity contribution in [3.63, 3.8) is 0 Å². The standard InChI is InChI=1S/C17H25FN4O3.ClH/c1-22(11-16(23)19-10-17(24)25)7-3-6-14-9-15(21-20-14)12-4-2-5-13(18)8-12;/h2,4-5,8,14-15,20-21H,3,6-7,9-11H2,1H3,(H,19,23)(H,24,25);1H. The molecule has 0 spiro atoms. The first-order chi connectivity index (χ1) is 11.9. The van der Waals surface area contributed by atoms with Crippen LogP contribution >= 0.6 is 12.4 Å². The Hall–Kier alpha value is -1.74. The van der Waals surface area contributed by atoms with Crippen molar-refractivity contribution in [3.05, 3.63) is 35.6 Å². The van der Waals surface area contributed by atoms with Gasteiger partial charge in [0.2, 0.25) is 5.91 Å². The van der Waals surface area contributed by atoms with Gasteiger partial charge < -0.3 is 10.4 Å². The van der Waals surface area contributed by atoms with Gasteiger partial charge in [-0.25, -0.2) is 4.39 Å². The van der Waals surface area contributed by atoms with Crippen molar-refractivity contribution in [2.75, 3.05) is 26.7 Å². The van der Waals surface area contributed by atoms with E-state index in [0.29, 0.717) is 6.04 Å². The molecule has 1 aliphatic rings. The van der Waals surface area contributed by atoms with E-state index in [1.165, 1.54) is 6.07 Å². The van der Waals surface area contributed by atoms with Crippen LogP contribution in [0.5, 0.6) is 0 Å². The van der Waals surface area contributed by atoms with E-state index in [4.69, 9.17) is 5.11 Å². The zero-order valence-corrected chi connectivity index (χ0v) is 15.5. The molecule has 4 N–H and O–H groups in total. The third kappa shape index (κ3) is 7.65. The summed E-state index contributed by atoms with van der Waals surface area (Å²) in [4.78, 5) is 23.8. The molecule has 0 saturated carbocycles. The number of rotatable bonds is 9. The zero-order valence-electron chi connectivity index (χ0n) is 14.7. The number of nitrogens with zero attached hydrogens (tertiary/aromatic N) is 1. The van der Waals surface area contributed by atoms with Crippen LogP contribution in [0, 0.1) is 5.82 Å². The Bertz CT molecular complexity index is 605. The van der Waals surface area contributed by atoms with Crippen molar-refractivity contribution in [3.8, 4) is 0 Å². The fourth-order valence-electron chi connectivity index (χ4n) is 2.92. The Balaban J connectivity index is 0.00000338. The molecule has 1 saturated heterocycles. The maximum absolute atomic E-state index is 13.3. The molecule has 0 bridgehead atoms. The van der Waals surface area contributed by atoms with Gasteiger partial charge in [0.15, 0.2) is 0 Å². The van der Waals surface area contributed by atoms with Crippen molar-refractivity contribution in [2.24, 2.45) is 0 Å². The summed E-state index contributed by atoms with van der Waals surface area (Å²) in [5.41, 5.74) is 7.37. The molecule has 1 heterocycles. The van der Waals surface area contributed by atoms with Gasteiger partial charge in [-0.15, -0.1) is 12.4 Å². The number of hydrazine groups is 1. The van der Waals surface area contributed by atoms with E-state index >= 15 is 0 Å². The second-order valence-electron chi connectivity index (χ2n) is 6.38. The normalized spacial score (nSPS) is 19.2. The summed E-state index contributed by atoms with van der Waals surface area (Å²) in [5.74, 6) is -1.58. The fraction of sp³-hybridized carbons (Fsp3) is 0.529. The number of nitrogens with one attached hydrogen (secondary N) is 3. The number of hydrogen-bond acceptors (Lipinski definition) is 5. The molecule has 2 rings (SSSR count). The highest BCUT2D eigenvalue weighted by atomic mass is 35.5. The minimum absolute atomic E-state index is 0. The Morgan fingerprint density at radius 1 is 1.38 bits per heavy atom. The van der Waals surface area contributed by atoms with Gasteiger partial charge in [-0.05, 0) is 50.6 Å². The maximum atomic E-state index is 13.3. The molecule has 9 heteroatoms. The Kier molecular flexibility index (Phi) is 9.50. The van der Waals surface area contributed by atoms with Crippen LogP contribution in [0.2, 0.25) is 0 Å². The summed E-state index contributed by atoms with van der Waals surface area (Å²) in [7, 11) is 1.83. The number of carbonyl (C=O) groups is 2. The summed E-state index contributed by atoms with van der Waals surface area (Å²) in [6.07, 6.45) is 2.71. The van der Waals surface area contributed by atoms with E-state index in [9.17, 15) is 14.0 Å². The van der Waals surface area contributed by atoms with Crippen LogP contribution in [-0.2, 0) is 9.59 Å². The van der Waals surface area contributed by atoms with Crippen LogP contribution in [0.1, 0.15) is 30.9 Å². The van der Waals surface area contributed by atoms with Crippen LogP contribution in [0.15, 0.2) is 24.3 Å². The SMILES string of the molecule is CN(CCCC1CC(c2cccc(F)c2)NN1)CC(=O)NCC(=O)O.Cl. The first kappa shape index (κ1) is 22.3. The van der Waals surface area contributed by atoms with Crippen molar-refractivity contribution < 1.29 is 19.1 Å². The number of hydrogen-bond donors (Lipinski definition) is 4. The number of carboxylic acids is 1. The topological polar surface area (TPSA) is 93.7 Å². The molecular formula is C17H26ClFN4O3. The van der Waals surface area contributed by atoms with E-state index < -0.39 is 5.97 Å². The van der Waals surface area contributed by atoms with Gasteiger partial charge in [0.1, 0.15) is 12.4 Å². The van der Waals surface area contributed by atoms with Crippen molar-refractivity contribution in [1.82, 2.24) is 21.1 Å². The molecule has 0 radical (unpaired) electrons. The second kappa shape index (κ2) is 11.1. The molecular weight excluding hydrogens is 363 g/mol. The average Bonchev–Trinajstić information content (AvgIpc) is 3.02.